The molecule has 0 unspecified atom stereocenters. The molecule has 0 atom stereocenters. The summed E-state index contributed by atoms with van der Waals surface area (Å²) in [7, 11) is 0. The van der Waals surface area contributed by atoms with Gasteiger partial charge in [-0.15, -0.1) is 0 Å². The smallest absolute Gasteiger partial charge is 0.0803 e. The number of hydrogen-bond acceptors (Lipinski definition) is 2. The Kier molecular flexibility index (Phi) is 5.13. The van der Waals surface area contributed by atoms with Gasteiger partial charge in [-0.1, -0.05) is 87.3 Å². The number of pyridine rings is 1. The summed E-state index contributed by atoms with van der Waals surface area (Å²) < 4.78 is 0. The third kappa shape index (κ3) is 3.41. The van der Waals surface area contributed by atoms with E-state index in [0.29, 0.717) is 11.8 Å². The molecule has 0 spiro atoms. The first-order valence-corrected chi connectivity index (χ1v) is 14.1. The molecule has 7 rings (SSSR count). The van der Waals surface area contributed by atoms with E-state index >= 15 is 0 Å². The molecule has 2 aliphatic rings. The fraction of sp³-hybridized carbons (Fsp3) is 0.303. The molecular weight excluding hydrogens is 442 g/mol. The van der Waals surface area contributed by atoms with E-state index in [-0.39, 0.29) is 0 Å². The Morgan fingerprint density at radius 1 is 0.857 bits per heavy atom. The highest BCUT2D eigenvalue weighted by Gasteiger charge is 2.27. The van der Waals surface area contributed by atoms with Gasteiger partial charge in [-0.2, -0.15) is 0 Å². The summed E-state index contributed by atoms with van der Waals surface area (Å²) in [5.41, 5.74) is 5.53. The minimum absolute atomic E-state index is 0.602. The topological polar surface area (TPSA) is 12.9 Å². The predicted molar refractivity (Wildman–Crippen MR) is 151 cm³/mol. The van der Waals surface area contributed by atoms with E-state index in [2.05, 4.69) is 80.7 Å². The Hall–Kier alpha value is -2.84. The van der Waals surface area contributed by atoms with Crippen LogP contribution in [0.1, 0.15) is 63.0 Å². The van der Waals surface area contributed by atoms with Crippen LogP contribution >= 0.6 is 11.8 Å². The number of aromatic nitrogens is 1. The van der Waals surface area contributed by atoms with E-state index in [1.54, 1.807) is 5.56 Å². The van der Waals surface area contributed by atoms with Crippen LogP contribution in [-0.2, 0) is 6.42 Å². The molecule has 4 aromatic carbocycles. The second kappa shape index (κ2) is 8.38. The van der Waals surface area contributed by atoms with E-state index in [1.807, 2.05) is 11.8 Å². The van der Waals surface area contributed by atoms with Crippen LogP contribution in [0.15, 0.2) is 76.7 Å². The third-order valence-electron chi connectivity index (χ3n) is 8.11. The van der Waals surface area contributed by atoms with Crippen molar-refractivity contribution in [2.75, 3.05) is 0 Å². The monoisotopic (exact) mass is 473 g/mol. The maximum atomic E-state index is 5.04. The lowest BCUT2D eigenvalue weighted by Gasteiger charge is -2.27. The minimum atomic E-state index is 0.602. The number of benzene rings is 4. The highest BCUT2D eigenvalue weighted by molar-refractivity contribution is 8.00. The Labute approximate surface area is 212 Å². The van der Waals surface area contributed by atoms with E-state index in [4.69, 9.17) is 4.98 Å². The molecule has 2 heterocycles. The molecule has 1 nitrogen and oxygen atoms in total. The van der Waals surface area contributed by atoms with Gasteiger partial charge >= 0.3 is 0 Å². The summed E-state index contributed by atoms with van der Waals surface area (Å²) in [6.07, 6.45) is 9.89. The Morgan fingerprint density at radius 3 is 2.54 bits per heavy atom. The highest BCUT2D eigenvalue weighted by atomic mass is 32.2. The van der Waals surface area contributed by atoms with Crippen molar-refractivity contribution in [2.45, 2.75) is 68.1 Å². The van der Waals surface area contributed by atoms with Crippen molar-refractivity contribution in [1.82, 2.24) is 4.98 Å². The molecular formula is C33H31NS. The average molecular weight is 474 g/mol. The SMILES string of the molecule is CC(C)Cc1c2c(cc3ccccc13)-c1nccc3c1c(cc1cccc(C4CCCCC4)c13)S2. The summed E-state index contributed by atoms with van der Waals surface area (Å²) >= 11 is 1.97. The van der Waals surface area contributed by atoms with Crippen LogP contribution in [0.4, 0.5) is 0 Å². The first-order valence-electron chi connectivity index (χ1n) is 13.3. The summed E-state index contributed by atoms with van der Waals surface area (Å²) in [5, 5.41) is 8.31. The van der Waals surface area contributed by atoms with Crippen LogP contribution in [0.3, 0.4) is 0 Å². The van der Waals surface area contributed by atoms with Gasteiger partial charge in [0.25, 0.3) is 0 Å². The maximum absolute atomic E-state index is 5.04. The molecule has 35 heavy (non-hydrogen) atoms. The van der Waals surface area contributed by atoms with Gasteiger partial charge in [0.05, 0.1) is 5.69 Å². The van der Waals surface area contributed by atoms with Gasteiger partial charge < -0.3 is 0 Å². The van der Waals surface area contributed by atoms with Crippen molar-refractivity contribution in [3.63, 3.8) is 0 Å². The maximum Gasteiger partial charge on any atom is 0.0803 e. The molecule has 1 saturated carbocycles. The molecule has 0 amide bonds. The Bertz CT molecular complexity index is 1610. The van der Waals surface area contributed by atoms with Gasteiger partial charge in [0.15, 0.2) is 0 Å². The van der Waals surface area contributed by atoms with Crippen molar-refractivity contribution < 1.29 is 0 Å². The third-order valence-corrected chi connectivity index (χ3v) is 9.32. The summed E-state index contributed by atoms with van der Waals surface area (Å²) in [6.45, 7) is 4.66. The number of rotatable bonds is 3. The fourth-order valence-electron chi connectivity index (χ4n) is 6.61. The van der Waals surface area contributed by atoms with Crippen molar-refractivity contribution in [1.29, 1.82) is 0 Å². The molecule has 1 aliphatic carbocycles. The largest absolute Gasteiger partial charge is 0.256 e. The Morgan fingerprint density at radius 2 is 1.69 bits per heavy atom. The lowest BCUT2D eigenvalue weighted by molar-refractivity contribution is 0.445. The van der Waals surface area contributed by atoms with Crippen molar-refractivity contribution in [2.24, 2.45) is 5.92 Å². The van der Waals surface area contributed by atoms with Gasteiger partial charge in [0.2, 0.25) is 0 Å². The van der Waals surface area contributed by atoms with Crippen LogP contribution in [0.5, 0.6) is 0 Å². The van der Waals surface area contributed by atoms with Gasteiger partial charge in [-0.05, 0) is 87.4 Å². The molecule has 0 saturated heterocycles. The lowest BCUT2D eigenvalue weighted by atomic mass is 9.81. The minimum Gasteiger partial charge on any atom is -0.256 e. The fourth-order valence-corrected chi connectivity index (χ4v) is 7.91. The molecule has 1 fully saturated rings. The molecule has 0 radical (unpaired) electrons. The second-order valence-corrected chi connectivity index (χ2v) is 11.9. The summed E-state index contributed by atoms with van der Waals surface area (Å²) in [4.78, 5) is 7.82. The number of nitrogens with zero attached hydrogens (tertiary/aromatic N) is 1. The first-order chi connectivity index (χ1) is 17.2. The van der Waals surface area contributed by atoms with Crippen molar-refractivity contribution >= 4 is 44.1 Å². The first kappa shape index (κ1) is 21.4. The van der Waals surface area contributed by atoms with Crippen LogP contribution in [0.2, 0.25) is 0 Å². The van der Waals surface area contributed by atoms with E-state index < -0.39 is 0 Å². The zero-order valence-corrected chi connectivity index (χ0v) is 21.4. The van der Waals surface area contributed by atoms with Crippen molar-refractivity contribution in [3.05, 3.63) is 78.0 Å². The number of hydrogen-bond donors (Lipinski definition) is 0. The molecule has 1 aliphatic heterocycles. The number of fused-ring (bicyclic) bond motifs is 5. The quantitative estimate of drug-likeness (QED) is 0.237. The van der Waals surface area contributed by atoms with Gasteiger partial charge in [0.1, 0.15) is 0 Å². The van der Waals surface area contributed by atoms with Gasteiger partial charge in [-0.3, -0.25) is 4.98 Å². The average Bonchev–Trinajstić information content (AvgIpc) is 2.89. The molecule has 0 N–H and O–H groups in total. The zero-order chi connectivity index (χ0) is 23.5. The highest BCUT2D eigenvalue weighted by Crippen LogP contribution is 2.52. The molecule has 1 aromatic heterocycles. The lowest BCUT2D eigenvalue weighted by Crippen LogP contribution is -2.06. The molecule has 5 aromatic rings. The van der Waals surface area contributed by atoms with Gasteiger partial charge in [-0.25, -0.2) is 0 Å². The van der Waals surface area contributed by atoms with Crippen molar-refractivity contribution in [3.8, 4) is 11.3 Å². The van der Waals surface area contributed by atoms with Crippen LogP contribution in [0.25, 0.3) is 43.6 Å². The van der Waals surface area contributed by atoms with E-state index in [1.165, 1.54) is 91.0 Å². The zero-order valence-electron chi connectivity index (χ0n) is 20.6. The van der Waals surface area contributed by atoms with Gasteiger partial charge in [0, 0.05) is 26.9 Å². The second-order valence-electron chi connectivity index (χ2n) is 10.9. The normalized spacial score (nSPS) is 15.9. The van der Waals surface area contributed by atoms with Crippen LogP contribution in [-0.4, -0.2) is 4.98 Å². The van der Waals surface area contributed by atoms with E-state index in [9.17, 15) is 0 Å². The van der Waals surface area contributed by atoms with Crippen LogP contribution in [0, 0.1) is 5.92 Å². The standard InChI is InChI=1S/C33H31NS/c1-20(2)17-27-24-13-7-6-11-22(24)18-28-32-31-26(15-16-34-32)30-23(19-29(31)35-33(27)28)12-8-14-25(30)21-9-4-3-5-10-21/h6-8,11-16,18-21H,3-5,9-10,17H2,1-2H3. The molecule has 174 valence electrons. The predicted octanol–water partition coefficient (Wildman–Crippen LogP) is 9.92. The summed E-state index contributed by atoms with van der Waals surface area (Å²) in [6, 6.07) is 23.0. The van der Waals surface area contributed by atoms with E-state index in [0.717, 1.165) is 6.42 Å². The molecule has 2 heteroatoms. The summed E-state index contributed by atoms with van der Waals surface area (Å²) in [5.74, 6) is 1.29. The Balaban J connectivity index is 1.55. The van der Waals surface area contributed by atoms with Crippen LogP contribution < -0.4 is 0 Å². The molecule has 0 bridgehead atoms.